The zero-order chi connectivity index (χ0) is 14.5. The Balaban J connectivity index is 1.94. The van der Waals surface area contributed by atoms with Crippen molar-refractivity contribution in [3.8, 4) is 0 Å². The van der Waals surface area contributed by atoms with Crippen molar-refractivity contribution in [3.63, 3.8) is 0 Å². The van der Waals surface area contributed by atoms with Crippen LogP contribution in [0, 0.1) is 11.7 Å². The Hall–Kier alpha value is -0.940. The van der Waals surface area contributed by atoms with Crippen LogP contribution in [0.15, 0.2) is 22.7 Å². The van der Waals surface area contributed by atoms with E-state index in [9.17, 15) is 9.18 Å². The number of halogens is 2. The smallest absolute Gasteiger partial charge is 0.303 e. The van der Waals surface area contributed by atoms with Gasteiger partial charge < -0.3 is 5.11 Å². The molecule has 5 heteroatoms. The summed E-state index contributed by atoms with van der Waals surface area (Å²) in [7, 11) is 0. The molecule has 0 saturated carbocycles. The SMILES string of the molecule is O=C(O)CC1CCCN(Cc2cc(F)ccc2Br)CC1. The number of rotatable bonds is 4. The van der Waals surface area contributed by atoms with Gasteiger partial charge in [0, 0.05) is 17.4 Å². The molecule has 1 aromatic carbocycles. The molecule has 1 aliphatic rings. The van der Waals surface area contributed by atoms with Gasteiger partial charge in [0.2, 0.25) is 0 Å². The molecule has 0 radical (unpaired) electrons. The fraction of sp³-hybridized carbons (Fsp3) is 0.533. The fourth-order valence-electron chi connectivity index (χ4n) is 2.74. The molecule has 2 rings (SSSR count). The second-order valence-corrected chi connectivity index (χ2v) is 6.26. The van der Waals surface area contributed by atoms with Crippen LogP contribution >= 0.6 is 15.9 Å². The molecule has 1 aromatic rings. The first-order valence-electron chi connectivity index (χ1n) is 6.92. The van der Waals surface area contributed by atoms with Crippen molar-refractivity contribution in [1.29, 1.82) is 0 Å². The zero-order valence-electron chi connectivity index (χ0n) is 11.3. The highest BCUT2D eigenvalue weighted by Crippen LogP contribution is 2.24. The van der Waals surface area contributed by atoms with Crippen LogP contribution < -0.4 is 0 Å². The molecule has 1 aliphatic heterocycles. The molecule has 1 atom stereocenters. The van der Waals surface area contributed by atoms with Crippen LogP contribution in [-0.2, 0) is 11.3 Å². The number of hydrogen-bond acceptors (Lipinski definition) is 2. The van der Waals surface area contributed by atoms with Gasteiger partial charge in [-0.2, -0.15) is 0 Å². The molecule has 0 aromatic heterocycles. The van der Waals surface area contributed by atoms with E-state index in [1.54, 1.807) is 12.1 Å². The molecule has 3 nitrogen and oxygen atoms in total. The minimum Gasteiger partial charge on any atom is -0.481 e. The number of likely N-dealkylation sites (tertiary alicyclic amines) is 1. The predicted molar refractivity (Wildman–Crippen MR) is 79.0 cm³/mol. The van der Waals surface area contributed by atoms with E-state index >= 15 is 0 Å². The Labute approximate surface area is 126 Å². The van der Waals surface area contributed by atoms with Gasteiger partial charge in [-0.05, 0) is 62.0 Å². The molecular formula is C15H19BrFNO2. The molecule has 0 amide bonds. The summed E-state index contributed by atoms with van der Waals surface area (Å²) in [6.45, 7) is 2.53. The van der Waals surface area contributed by atoms with Crippen LogP contribution in [0.25, 0.3) is 0 Å². The molecule has 1 unspecified atom stereocenters. The molecule has 0 spiro atoms. The van der Waals surface area contributed by atoms with Crippen molar-refractivity contribution in [2.24, 2.45) is 5.92 Å². The summed E-state index contributed by atoms with van der Waals surface area (Å²) >= 11 is 3.45. The van der Waals surface area contributed by atoms with Crippen LogP contribution in [0.4, 0.5) is 4.39 Å². The van der Waals surface area contributed by atoms with E-state index in [0.29, 0.717) is 6.54 Å². The van der Waals surface area contributed by atoms with Gasteiger partial charge in [-0.25, -0.2) is 4.39 Å². The molecule has 1 fully saturated rings. The van der Waals surface area contributed by atoms with Crippen molar-refractivity contribution < 1.29 is 14.3 Å². The van der Waals surface area contributed by atoms with E-state index in [-0.39, 0.29) is 18.2 Å². The van der Waals surface area contributed by atoms with Crippen LogP contribution in [-0.4, -0.2) is 29.1 Å². The van der Waals surface area contributed by atoms with Crippen molar-refractivity contribution in [3.05, 3.63) is 34.1 Å². The average molecular weight is 344 g/mol. The van der Waals surface area contributed by atoms with Crippen LogP contribution in [0.2, 0.25) is 0 Å². The van der Waals surface area contributed by atoms with Crippen molar-refractivity contribution >= 4 is 21.9 Å². The first-order chi connectivity index (χ1) is 9.54. The maximum atomic E-state index is 13.3. The number of carboxylic acid groups (broad SMARTS) is 1. The second kappa shape index (κ2) is 7.18. The summed E-state index contributed by atoms with van der Waals surface area (Å²) in [5, 5.41) is 8.86. The number of aliphatic carboxylic acids is 1. The highest BCUT2D eigenvalue weighted by molar-refractivity contribution is 9.10. The van der Waals surface area contributed by atoms with Crippen LogP contribution in [0.3, 0.4) is 0 Å². The third-order valence-corrected chi connectivity index (χ3v) is 4.58. The summed E-state index contributed by atoms with van der Waals surface area (Å²) in [5.74, 6) is -0.661. The average Bonchev–Trinajstić information content (AvgIpc) is 2.59. The summed E-state index contributed by atoms with van der Waals surface area (Å²) in [5.41, 5.74) is 0.946. The lowest BCUT2D eigenvalue weighted by Gasteiger charge is -2.20. The van der Waals surface area contributed by atoms with E-state index in [4.69, 9.17) is 5.11 Å². The Kier molecular flexibility index (Phi) is 5.54. The molecule has 0 bridgehead atoms. The fourth-order valence-corrected chi connectivity index (χ4v) is 3.11. The summed E-state index contributed by atoms with van der Waals surface area (Å²) in [6.07, 6.45) is 3.13. The van der Waals surface area contributed by atoms with Gasteiger partial charge in [0.1, 0.15) is 5.82 Å². The summed E-state index contributed by atoms with van der Waals surface area (Å²) in [6, 6.07) is 4.73. The quantitative estimate of drug-likeness (QED) is 0.906. The molecule has 1 heterocycles. The van der Waals surface area contributed by atoms with Gasteiger partial charge in [-0.3, -0.25) is 9.69 Å². The van der Waals surface area contributed by atoms with Gasteiger partial charge in [0.05, 0.1) is 0 Å². The second-order valence-electron chi connectivity index (χ2n) is 5.41. The van der Waals surface area contributed by atoms with Gasteiger partial charge in [-0.15, -0.1) is 0 Å². The third-order valence-electron chi connectivity index (χ3n) is 3.81. The van der Waals surface area contributed by atoms with E-state index in [1.807, 2.05) is 0 Å². The minimum absolute atomic E-state index is 0.221. The molecule has 110 valence electrons. The van der Waals surface area contributed by atoms with Crippen LogP contribution in [0.5, 0.6) is 0 Å². The Morgan fingerprint density at radius 1 is 1.40 bits per heavy atom. The normalized spacial score (nSPS) is 20.6. The van der Waals surface area contributed by atoms with E-state index < -0.39 is 5.97 Å². The standard InChI is InChI=1S/C15H19BrFNO2/c16-14-4-3-13(17)9-12(14)10-18-6-1-2-11(5-7-18)8-15(19)20/h3-4,9,11H,1-2,5-8,10H2,(H,19,20). The first-order valence-corrected chi connectivity index (χ1v) is 7.72. The van der Waals surface area contributed by atoms with E-state index in [0.717, 1.165) is 42.4 Å². The van der Waals surface area contributed by atoms with Crippen molar-refractivity contribution in [1.82, 2.24) is 4.90 Å². The Morgan fingerprint density at radius 3 is 2.95 bits per heavy atom. The van der Waals surface area contributed by atoms with Gasteiger partial charge in [0.15, 0.2) is 0 Å². The Bertz CT molecular complexity index is 481. The number of hydrogen-bond donors (Lipinski definition) is 1. The molecule has 20 heavy (non-hydrogen) atoms. The van der Waals surface area contributed by atoms with Gasteiger partial charge >= 0.3 is 5.97 Å². The Morgan fingerprint density at radius 2 is 2.20 bits per heavy atom. The summed E-state index contributed by atoms with van der Waals surface area (Å²) in [4.78, 5) is 13.1. The predicted octanol–water partition coefficient (Wildman–Crippen LogP) is 3.67. The highest BCUT2D eigenvalue weighted by Gasteiger charge is 2.19. The lowest BCUT2D eigenvalue weighted by atomic mass is 9.97. The van der Waals surface area contributed by atoms with E-state index in [1.165, 1.54) is 6.07 Å². The van der Waals surface area contributed by atoms with Crippen molar-refractivity contribution in [2.45, 2.75) is 32.2 Å². The molecule has 1 saturated heterocycles. The number of nitrogens with zero attached hydrogens (tertiary/aromatic N) is 1. The zero-order valence-corrected chi connectivity index (χ0v) is 12.9. The maximum absolute atomic E-state index is 13.3. The lowest BCUT2D eigenvalue weighted by Crippen LogP contribution is -2.24. The molecule has 0 aliphatic carbocycles. The molecule has 1 N–H and O–H groups in total. The largest absolute Gasteiger partial charge is 0.481 e. The number of carboxylic acids is 1. The molecular weight excluding hydrogens is 325 g/mol. The topological polar surface area (TPSA) is 40.5 Å². The van der Waals surface area contributed by atoms with Gasteiger partial charge in [0.25, 0.3) is 0 Å². The first kappa shape index (κ1) is 15.4. The minimum atomic E-state index is -0.712. The van der Waals surface area contributed by atoms with Crippen LogP contribution in [0.1, 0.15) is 31.2 Å². The van der Waals surface area contributed by atoms with E-state index in [2.05, 4.69) is 20.8 Å². The number of benzene rings is 1. The lowest BCUT2D eigenvalue weighted by molar-refractivity contribution is -0.138. The maximum Gasteiger partial charge on any atom is 0.303 e. The number of carbonyl (C=O) groups is 1. The van der Waals surface area contributed by atoms with Gasteiger partial charge in [-0.1, -0.05) is 15.9 Å². The third kappa shape index (κ3) is 4.56. The van der Waals surface area contributed by atoms with Crippen molar-refractivity contribution in [2.75, 3.05) is 13.1 Å². The highest BCUT2D eigenvalue weighted by atomic mass is 79.9. The summed E-state index contributed by atoms with van der Waals surface area (Å²) < 4.78 is 14.2. The monoisotopic (exact) mass is 343 g/mol.